The van der Waals surface area contributed by atoms with Crippen LogP contribution in [0.25, 0.3) is 0 Å². The van der Waals surface area contributed by atoms with E-state index in [4.69, 9.17) is 0 Å². The van der Waals surface area contributed by atoms with Gasteiger partial charge in [-0.3, -0.25) is 6.29 Å². The van der Waals surface area contributed by atoms with Crippen LogP contribution in [0.5, 0.6) is 0 Å². The normalized spacial score (nSPS) is 32.5. The van der Waals surface area contributed by atoms with Crippen molar-refractivity contribution in [1.82, 2.24) is 0 Å². The second-order valence-corrected chi connectivity index (χ2v) is 7.17. The number of rotatable bonds is 3. The number of aliphatic carboxylic acids is 1. The second kappa shape index (κ2) is 11.4. The van der Waals surface area contributed by atoms with Crippen molar-refractivity contribution in [2.24, 2.45) is 23.7 Å². The van der Waals surface area contributed by atoms with E-state index in [1.165, 1.54) is 0 Å². The molecule has 23 heavy (non-hydrogen) atoms. The molecule has 5 atom stereocenters. The van der Waals surface area contributed by atoms with Crippen LogP contribution >= 0.6 is 0 Å². The summed E-state index contributed by atoms with van der Waals surface area (Å²) in [6.07, 6.45) is 3.92. The van der Waals surface area contributed by atoms with E-state index in [9.17, 15) is 27.7 Å². The molecule has 0 radical (unpaired) electrons. The van der Waals surface area contributed by atoms with Crippen LogP contribution in [-0.2, 0) is 19.7 Å². The van der Waals surface area contributed by atoms with Crippen molar-refractivity contribution in [3.63, 3.8) is 0 Å². The molecule has 0 amide bonds. The van der Waals surface area contributed by atoms with E-state index in [1.54, 1.807) is 0 Å². The summed E-state index contributed by atoms with van der Waals surface area (Å²) in [7, 11) is -4.64. The average molecular weight is 325 g/mol. The Kier molecular flexibility index (Phi) is 14.2. The van der Waals surface area contributed by atoms with E-state index in [2.05, 4.69) is 0 Å². The summed E-state index contributed by atoms with van der Waals surface area (Å²) in [5, 5.41) is 9.65. The Balaban J connectivity index is -0.000001000. The topological polar surface area (TPSA) is 144 Å². The maximum Gasteiger partial charge on any atom is 1.00 e. The van der Waals surface area contributed by atoms with Crippen LogP contribution in [0.3, 0.4) is 0 Å². The van der Waals surface area contributed by atoms with Gasteiger partial charge in [-0.25, -0.2) is 8.42 Å². The molecule has 0 aromatic carbocycles. The summed E-state index contributed by atoms with van der Waals surface area (Å²) in [6.45, 7) is 0. The summed E-state index contributed by atoms with van der Waals surface area (Å²) < 4.78 is 33.6. The van der Waals surface area contributed by atoms with E-state index in [1.807, 2.05) is 6.29 Å². The monoisotopic (exact) mass is 325 g/mol. The maximum absolute atomic E-state index is 11.2. The first kappa shape index (κ1) is 28.6. The van der Waals surface area contributed by atoms with Gasteiger partial charge < -0.3 is 24.7 Å². The van der Waals surface area contributed by atoms with E-state index < -0.39 is 27.3 Å². The molecule has 0 spiro atoms. The number of carboxylic acid groups (broad SMARTS) is 1. The zero-order valence-corrected chi connectivity index (χ0v) is 14.5. The molecular weight excluding hydrogens is 309 g/mol. The van der Waals surface area contributed by atoms with Crippen molar-refractivity contribution in [3.05, 3.63) is 0 Å². The molecular formula is C12H16Li3O7S-. The molecule has 2 aliphatic carbocycles. The van der Waals surface area contributed by atoms with Crippen LogP contribution in [0, 0.1) is 23.7 Å². The molecule has 0 saturated heterocycles. The second-order valence-electron chi connectivity index (χ2n) is 5.58. The Labute approximate surface area is 172 Å². The summed E-state index contributed by atoms with van der Waals surface area (Å²) in [5.74, 6) is -2.96. The van der Waals surface area contributed by atoms with Gasteiger partial charge in [0, 0.05) is 11.9 Å². The van der Waals surface area contributed by atoms with Crippen molar-refractivity contribution in [2.75, 3.05) is 0 Å². The van der Waals surface area contributed by atoms with E-state index in [-0.39, 0.29) is 92.7 Å². The number of hydrogen-bond donors (Lipinski definition) is 0. The van der Waals surface area contributed by atoms with Gasteiger partial charge in [-0.05, 0) is 24.7 Å². The van der Waals surface area contributed by atoms with Gasteiger partial charge in [0.25, 0.3) is 0 Å². The van der Waals surface area contributed by atoms with Crippen molar-refractivity contribution in [2.45, 2.75) is 37.4 Å². The zero-order valence-electron chi connectivity index (χ0n) is 13.7. The smallest absolute Gasteiger partial charge is 0.870 e. The first-order valence-electron chi connectivity index (χ1n) is 6.36. The molecule has 1 N–H and O–H groups in total. The van der Waals surface area contributed by atoms with Gasteiger partial charge in [0.05, 0.1) is 15.4 Å². The minimum absolute atomic E-state index is 0. The van der Waals surface area contributed by atoms with E-state index in [0.717, 1.165) is 0 Å². The molecule has 0 aromatic rings. The number of fused-ring (bicyclic) bond motifs is 1. The number of hydrogen-bond acceptors (Lipinski definition) is 7. The Morgan fingerprint density at radius 3 is 2.00 bits per heavy atom. The van der Waals surface area contributed by atoms with Crippen molar-refractivity contribution in [1.29, 1.82) is 0 Å². The standard InChI is InChI=1S/C12H17O6S.3Li.H2O/c13-6-7-1-2-8-5-11(19(16,17)18)10(12(14)15)4-9(8)3-7;;;;/h7-11H,1-5H2,(H,14,15)(H,16,17,18);;;;1H2/q-1;3*+1;/p-3. The number of carbonyl (C=O) groups is 1. The van der Waals surface area contributed by atoms with Gasteiger partial charge >= 0.3 is 56.6 Å². The Morgan fingerprint density at radius 2 is 1.57 bits per heavy atom. The van der Waals surface area contributed by atoms with E-state index >= 15 is 0 Å². The average Bonchev–Trinajstić information content (AvgIpc) is 2.35. The minimum Gasteiger partial charge on any atom is -0.870 e. The molecule has 0 aliphatic heterocycles. The van der Waals surface area contributed by atoms with Crippen LogP contribution in [0.4, 0.5) is 0 Å². The third kappa shape index (κ3) is 6.90. The quantitative estimate of drug-likeness (QED) is 0.284. The summed E-state index contributed by atoms with van der Waals surface area (Å²) in [6, 6.07) is 0. The third-order valence-corrected chi connectivity index (χ3v) is 5.78. The van der Waals surface area contributed by atoms with Crippen LogP contribution < -0.4 is 61.7 Å². The molecule has 5 unspecified atom stereocenters. The van der Waals surface area contributed by atoms with Crippen LogP contribution in [0.1, 0.15) is 32.1 Å². The molecule has 0 heterocycles. The van der Waals surface area contributed by atoms with Crippen LogP contribution in [-0.4, -0.2) is 36.0 Å². The molecule has 7 nitrogen and oxygen atoms in total. The molecule has 11 heteroatoms. The van der Waals surface area contributed by atoms with Crippen molar-refractivity contribution < 1.29 is 89.7 Å². The Hall–Kier alpha value is 0.802. The van der Waals surface area contributed by atoms with Gasteiger partial charge in [0.1, 0.15) is 0 Å². The molecule has 2 rings (SSSR count). The van der Waals surface area contributed by atoms with Gasteiger partial charge in [-0.15, -0.1) is 5.92 Å². The summed E-state index contributed by atoms with van der Waals surface area (Å²) in [4.78, 5) is 21.7. The number of carboxylic acids is 1. The molecule has 2 fully saturated rings. The first-order valence-corrected chi connectivity index (χ1v) is 7.83. The Bertz CT molecular complexity index is 485. The Morgan fingerprint density at radius 1 is 1.00 bits per heavy atom. The molecule has 2 aliphatic rings. The SMILES string of the molecule is O=[C-]C1CCC2CC(S(=O)(=O)[O-])C(C(=O)[O-])CC2C1.[Li+].[Li+].[Li+].[OH-]. The molecule has 0 bridgehead atoms. The van der Waals surface area contributed by atoms with Gasteiger partial charge in [0.2, 0.25) is 0 Å². The molecule has 0 aromatic heterocycles. The zero-order chi connectivity index (χ0) is 14.2. The van der Waals surface area contributed by atoms with Crippen molar-refractivity contribution in [3.8, 4) is 0 Å². The summed E-state index contributed by atoms with van der Waals surface area (Å²) in [5.41, 5.74) is 0. The van der Waals surface area contributed by atoms with E-state index in [0.29, 0.717) is 19.3 Å². The molecule has 2 saturated carbocycles. The third-order valence-electron chi connectivity index (χ3n) is 4.52. The fourth-order valence-corrected chi connectivity index (χ4v) is 4.65. The fraction of sp³-hybridized carbons (Fsp3) is 0.833. The van der Waals surface area contributed by atoms with Gasteiger partial charge in [0.15, 0.2) is 0 Å². The maximum atomic E-state index is 11.2. The predicted octanol–water partition coefficient (Wildman–Crippen LogP) is -9.96. The van der Waals surface area contributed by atoms with Crippen LogP contribution in [0.15, 0.2) is 0 Å². The van der Waals surface area contributed by atoms with Crippen molar-refractivity contribution >= 4 is 22.4 Å². The van der Waals surface area contributed by atoms with Gasteiger partial charge in [-0.2, -0.15) is 0 Å². The first-order chi connectivity index (χ1) is 8.82. The summed E-state index contributed by atoms with van der Waals surface area (Å²) >= 11 is 0. The van der Waals surface area contributed by atoms with Gasteiger partial charge in [-0.1, -0.05) is 19.3 Å². The fourth-order valence-electron chi connectivity index (χ4n) is 3.54. The largest absolute Gasteiger partial charge is 1.00 e. The number of carbonyl (C=O) groups excluding carboxylic acids is 2. The minimum atomic E-state index is -4.64. The molecule has 116 valence electrons. The predicted molar refractivity (Wildman–Crippen MR) is 63.2 cm³/mol. The van der Waals surface area contributed by atoms with Crippen LogP contribution in [0.2, 0.25) is 0 Å².